The number of fused-ring (bicyclic) bond motifs is 1. The Kier molecular flexibility index (Phi) is 9.67. The van der Waals surface area contributed by atoms with Crippen molar-refractivity contribution >= 4 is 33.7 Å². The zero-order valence-electron chi connectivity index (χ0n) is 22.3. The van der Waals surface area contributed by atoms with E-state index in [1.54, 1.807) is 33.9 Å². The Morgan fingerprint density at radius 2 is 1.87 bits per heavy atom. The Morgan fingerprint density at radius 3 is 2.53 bits per heavy atom. The van der Waals surface area contributed by atoms with E-state index in [9.17, 15) is 19.5 Å². The topological polar surface area (TPSA) is 103 Å². The van der Waals surface area contributed by atoms with E-state index >= 15 is 0 Å². The van der Waals surface area contributed by atoms with E-state index < -0.39 is 29.6 Å². The van der Waals surface area contributed by atoms with Crippen LogP contribution < -0.4 is 0 Å². The maximum absolute atomic E-state index is 14.3. The van der Waals surface area contributed by atoms with Crippen LogP contribution in [-0.2, 0) is 23.9 Å². The molecule has 38 heavy (non-hydrogen) atoms. The van der Waals surface area contributed by atoms with Crippen LogP contribution >= 0.6 is 15.9 Å². The Hall–Kier alpha value is -1.79. The van der Waals surface area contributed by atoms with Gasteiger partial charge in [-0.2, -0.15) is 0 Å². The summed E-state index contributed by atoms with van der Waals surface area (Å²) in [5.41, 5.74) is -1.08. The SMILES string of the molecule is C=CCN(C)C(=O)[C@H]1[C@@H]2OC3(CC2Br)C(C(=O)N(CC=C)CCN2CCOCC2)N(CCCCO)C(=O)[C@H]13. The second-order valence-corrected chi connectivity index (χ2v) is 11.8. The molecule has 3 unspecified atom stereocenters. The number of nitrogens with zero attached hydrogens (tertiary/aromatic N) is 4. The van der Waals surface area contributed by atoms with E-state index in [1.165, 1.54) is 0 Å². The van der Waals surface area contributed by atoms with Gasteiger partial charge in [-0.05, 0) is 19.3 Å². The highest BCUT2D eigenvalue weighted by Gasteiger charge is 2.76. The summed E-state index contributed by atoms with van der Waals surface area (Å²) in [6, 6.07) is -0.837. The first kappa shape index (κ1) is 29.2. The number of likely N-dealkylation sites (tertiary alicyclic amines) is 1. The summed E-state index contributed by atoms with van der Waals surface area (Å²) in [6.07, 6.45) is 4.42. The first-order valence-electron chi connectivity index (χ1n) is 13.6. The van der Waals surface area contributed by atoms with Gasteiger partial charge in [0.05, 0.1) is 31.2 Å². The highest BCUT2D eigenvalue weighted by Crippen LogP contribution is 2.60. The molecule has 6 atom stereocenters. The van der Waals surface area contributed by atoms with Crippen molar-refractivity contribution in [2.75, 3.05) is 72.7 Å². The van der Waals surface area contributed by atoms with Crippen LogP contribution in [0.3, 0.4) is 0 Å². The predicted octanol–water partition coefficient (Wildman–Crippen LogP) is 0.498. The molecular formula is C27H41BrN4O6. The second kappa shape index (κ2) is 12.6. The van der Waals surface area contributed by atoms with E-state index in [-0.39, 0.29) is 29.2 Å². The largest absolute Gasteiger partial charge is 0.396 e. The van der Waals surface area contributed by atoms with Gasteiger partial charge in [-0.3, -0.25) is 19.3 Å². The minimum Gasteiger partial charge on any atom is -0.396 e. The number of unbranched alkanes of at least 4 members (excludes halogenated alkanes) is 1. The van der Waals surface area contributed by atoms with Gasteiger partial charge in [-0.15, -0.1) is 13.2 Å². The van der Waals surface area contributed by atoms with Crippen LogP contribution in [0.25, 0.3) is 0 Å². The molecule has 0 saturated carbocycles. The van der Waals surface area contributed by atoms with Crippen molar-refractivity contribution < 1.29 is 29.0 Å². The zero-order valence-corrected chi connectivity index (χ0v) is 23.9. The summed E-state index contributed by atoms with van der Waals surface area (Å²) < 4.78 is 12.0. The third-order valence-corrected chi connectivity index (χ3v) is 9.19. The van der Waals surface area contributed by atoms with Crippen LogP contribution in [0.2, 0.25) is 0 Å². The number of likely N-dealkylation sites (N-methyl/N-ethyl adjacent to an activating group) is 1. The number of rotatable bonds is 13. The maximum Gasteiger partial charge on any atom is 0.248 e. The average Bonchev–Trinajstić information content (AvgIpc) is 3.50. The Labute approximate surface area is 233 Å². The van der Waals surface area contributed by atoms with Crippen LogP contribution in [0.15, 0.2) is 25.3 Å². The minimum absolute atomic E-state index is 0.00681. The summed E-state index contributed by atoms with van der Waals surface area (Å²) in [6.45, 7) is 12.8. The maximum atomic E-state index is 14.3. The molecule has 4 fully saturated rings. The number of alkyl halides is 1. The fraction of sp³-hybridized carbons (Fsp3) is 0.741. The van der Waals surface area contributed by atoms with Gasteiger partial charge in [-0.25, -0.2) is 0 Å². The van der Waals surface area contributed by atoms with Gasteiger partial charge < -0.3 is 29.3 Å². The van der Waals surface area contributed by atoms with Crippen LogP contribution in [0.4, 0.5) is 0 Å². The van der Waals surface area contributed by atoms with Crippen molar-refractivity contribution in [3.8, 4) is 0 Å². The number of morpholine rings is 1. The fourth-order valence-corrected chi connectivity index (χ4v) is 7.51. The molecule has 4 aliphatic heterocycles. The van der Waals surface area contributed by atoms with Crippen LogP contribution in [0.1, 0.15) is 19.3 Å². The quantitative estimate of drug-likeness (QED) is 0.188. The normalized spacial score (nSPS) is 32.3. The number of amides is 3. The fourth-order valence-electron chi connectivity index (χ4n) is 6.57. The van der Waals surface area contributed by atoms with Crippen molar-refractivity contribution in [3.63, 3.8) is 0 Å². The van der Waals surface area contributed by atoms with E-state index in [0.29, 0.717) is 65.2 Å². The number of aliphatic hydroxyl groups excluding tert-OH is 1. The lowest BCUT2D eigenvalue weighted by atomic mass is 9.70. The predicted molar refractivity (Wildman–Crippen MR) is 146 cm³/mol. The summed E-state index contributed by atoms with van der Waals surface area (Å²) in [5, 5.41) is 9.37. The Bertz CT molecular complexity index is 914. The molecule has 1 spiro atoms. The highest BCUT2D eigenvalue weighted by atomic mass is 79.9. The van der Waals surface area contributed by atoms with Gasteiger partial charge in [-0.1, -0.05) is 28.1 Å². The van der Waals surface area contributed by atoms with Gasteiger partial charge in [0.15, 0.2) is 0 Å². The number of hydrogen-bond acceptors (Lipinski definition) is 7. The number of carbonyl (C=O) groups excluding carboxylic acids is 3. The second-order valence-electron chi connectivity index (χ2n) is 10.7. The number of aliphatic hydroxyl groups is 1. The lowest BCUT2D eigenvalue weighted by Crippen LogP contribution is -2.57. The van der Waals surface area contributed by atoms with E-state index in [4.69, 9.17) is 9.47 Å². The number of ether oxygens (including phenoxy) is 2. The molecule has 4 saturated heterocycles. The number of carbonyl (C=O) groups is 3. The summed E-state index contributed by atoms with van der Waals surface area (Å²) >= 11 is 3.72. The minimum atomic E-state index is -1.08. The molecule has 10 nitrogen and oxygen atoms in total. The first-order chi connectivity index (χ1) is 18.3. The van der Waals surface area contributed by atoms with Gasteiger partial charge in [0.1, 0.15) is 11.6 Å². The Morgan fingerprint density at radius 1 is 1.16 bits per heavy atom. The Balaban J connectivity index is 1.65. The van der Waals surface area contributed by atoms with Crippen molar-refractivity contribution in [2.45, 2.75) is 41.8 Å². The van der Waals surface area contributed by atoms with Gasteiger partial charge in [0, 0.05) is 64.3 Å². The molecule has 4 heterocycles. The molecule has 3 amide bonds. The summed E-state index contributed by atoms with van der Waals surface area (Å²) in [5.74, 6) is -1.96. The molecule has 0 aromatic rings. The van der Waals surface area contributed by atoms with Crippen molar-refractivity contribution in [2.24, 2.45) is 11.8 Å². The van der Waals surface area contributed by atoms with E-state index in [0.717, 1.165) is 13.1 Å². The summed E-state index contributed by atoms with van der Waals surface area (Å²) in [7, 11) is 1.70. The molecule has 2 bridgehead atoms. The zero-order chi connectivity index (χ0) is 27.4. The monoisotopic (exact) mass is 596 g/mol. The van der Waals surface area contributed by atoms with Crippen molar-refractivity contribution in [1.29, 1.82) is 0 Å². The molecule has 4 aliphatic rings. The lowest BCUT2D eigenvalue weighted by molar-refractivity contribution is -0.148. The molecule has 0 aromatic carbocycles. The third kappa shape index (κ3) is 5.32. The number of hydrogen-bond donors (Lipinski definition) is 1. The molecule has 0 radical (unpaired) electrons. The van der Waals surface area contributed by atoms with Gasteiger partial charge >= 0.3 is 0 Å². The molecular weight excluding hydrogens is 556 g/mol. The number of halogens is 1. The van der Waals surface area contributed by atoms with Crippen LogP contribution in [-0.4, -0.2) is 138 Å². The molecule has 11 heteroatoms. The van der Waals surface area contributed by atoms with Gasteiger partial charge in [0.2, 0.25) is 17.7 Å². The van der Waals surface area contributed by atoms with Gasteiger partial charge in [0.25, 0.3) is 0 Å². The van der Waals surface area contributed by atoms with Crippen molar-refractivity contribution in [1.82, 2.24) is 19.6 Å². The van der Waals surface area contributed by atoms with Crippen molar-refractivity contribution in [3.05, 3.63) is 25.3 Å². The van der Waals surface area contributed by atoms with Crippen LogP contribution in [0.5, 0.6) is 0 Å². The lowest BCUT2D eigenvalue weighted by Gasteiger charge is -2.38. The van der Waals surface area contributed by atoms with E-state index in [1.807, 2.05) is 0 Å². The molecule has 212 valence electrons. The molecule has 1 N–H and O–H groups in total. The standard InChI is InChI=1S/C27H41BrN4O6/c1-4-8-29(3)24(34)20-21-25(35)32(10-6-7-15-33)23(27(21)18-19(28)22(20)38-27)26(36)31(9-5-2)12-11-30-13-16-37-17-14-30/h4-5,19-23,33H,1-2,6-18H2,3H3/t19?,20-,21+,22-,23?,27?/m1/s1. The van der Waals surface area contributed by atoms with Crippen LogP contribution in [0, 0.1) is 11.8 Å². The highest BCUT2D eigenvalue weighted by molar-refractivity contribution is 9.09. The molecule has 4 rings (SSSR count). The van der Waals surface area contributed by atoms with E-state index in [2.05, 4.69) is 34.0 Å². The first-order valence-corrected chi connectivity index (χ1v) is 14.5. The summed E-state index contributed by atoms with van der Waals surface area (Å²) in [4.78, 5) is 49.0. The molecule has 0 aromatic heterocycles. The smallest absolute Gasteiger partial charge is 0.248 e. The third-order valence-electron chi connectivity index (χ3n) is 8.35. The molecule has 0 aliphatic carbocycles. The average molecular weight is 598 g/mol.